The maximum absolute atomic E-state index is 12.2. The summed E-state index contributed by atoms with van der Waals surface area (Å²) >= 11 is 1.34. The van der Waals surface area contributed by atoms with E-state index in [4.69, 9.17) is 0 Å². The SMILES string of the molecule is Fc1ccc([CH]=[Zr+2])cc1. The Morgan fingerprint density at radius 2 is 1.78 bits per heavy atom. The molecule has 0 aliphatic carbocycles. The van der Waals surface area contributed by atoms with Gasteiger partial charge in [-0.15, -0.1) is 0 Å². The molecular formula is C7H5FZr+2. The number of hydrogen-bond acceptors (Lipinski definition) is 0. The molecular weight excluding hydrogens is 194 g/mol. The monoisotopic (exact) mass is 198 g/mol. The van der Waals surface area contributed by atoms with Gasteiger partial charge in [-0.1, -0.05) is 0 Å². The molecule has 0 aliphatic rings. The van der Waals surface area contributed by atoms with Gasteiger partial charge < -0.3 is 0 Å². The first-order valence-corrected chi connectivity index (χ1v) is 4.01. The van der Waals surface area contributed by atoms with E-state index in [0.29, 0.717) is 0 Å². The van der Waals surface area contributed by atoms with Gasteiger partial charge in [-0.3, -0.25) is 0 Å². The van der Waals surface area contributed by atoms with E-state index in [0.717, 1.165) is 5.56 Å². The fourth-order valence-corrected chi connectivity index (χ4v) is 1.03. The van der Waals surface area contributed by atoms with Crippen molar-refractivity contribution < 1.29 is 28.6 Å². The van der Waals surface area contributed by atoms with Crippen molar-refractivity contribution in [1.82, 2.24) is 0 Å². The first kappa shape index (κ1) is 7.02. The molecule has 0 aliphatic heterocycles. The third-order valence-electron chi connectivity index (χ3n) is 1.04. The van der Waals surface area contributed by atoms with Crippen molar-refractivity contribution in [2.75, 3.05) is 0 Å². The molecule has 0 N–H and O–H groups in total. The second kappa shape index (κ2) is 3.17. The summed E-state index contributed by atoms with van der Waals surface area (Å²) in [6.07, 6.45) is 0. The first-order valence-electron chi connectivity index (χ1n) is 2.59. The maximum atomic E-state index is 12.2. The summed E-state index contributed by atoms with van der Waals surface area (Å²) in [7, 11) is 0. The Morgan fingerprint density at radius 3 is 2.22 bits per heavy atom. The van der Waals surface area contributed by atoms with Crippen molar-refractivity contribution >= 4 is 3.71 Å². The molecule has 0 heterocycles. The third-order valence-corrected chi connectivity index (χ3v) is 1.86. The average Bonchev–Trinajstić information content (AvgIpc) is 1.90. The van der Waals surface area contributed by atoms with Gasteiger partial charge in [0.15, 0.2) is 0 Å². The van der Waals surface area contributed by atoms with Crippen molar-refractivity contribution in [3.05, 3.63) is 35.6 Å². The number of halogens is 1. The fourth-order valence-electron chi connectivity index (χ4n) is 0.559. The van der Waals surface area contributed by atoms with Crippen LogP contribution in [0.3, 0.4) is 0 Å². The van der Waals surface area contributed by atoms with Crippen LogP contribution in [-0.2, 0) is 24.2 Å². The van der Waals surface area contributed by atoms with E-state index in [2.05, 4.69) is 0 Å². The standard InChI is InChI=1S/C7H5F.Zr/c1-6-2-4-7(8)5-3-6;/h1-5H;/q;+2. The zero-order chi connectivity index (χ0) is 6.69. The topological polar surface area (TPSA) is 0 Å². The molecule has 2 heteroatoms. The van der Waals surface area contributed by atoms with E-state index < -0.39 is 0 Å². The van der Waals surface area contributed by atoms with Crippen LogP contribution in [0, 0.1) is 5.82 Å². The Kier molecular flexibility index (Phi) is 2.47. The van der Waals surface area contributed by atoms with Gasteiger partial charge in [0.1, 0.15) is 0 Å². The minimum atomic E-state index is -0.170. The molecule has 0 saturated carbocycles. The molecule has 0 fully saturated rings. The molecule has 0 unspecified atom stereocenters. The normalized spacial score (nSPS) is 9.22. The van der Waals surface area contributed by atoms with Crippen LogP contribution in [0.1, 0.15) is 5.56 Å². The van der Waals surface area contributed by atoms with E-state index >= 15 is 0 Å². The molecule has 0 aromatic heterocycles. The van der Waals surface area contributed by atoms with Crippen molar-refractivity contribution in [3.8, 4) is 0 Å². The summed E-state index contributed by atoms with van der Waals surface area (Å²) in [4.78, 5) is 0. The molecule has 0 amide bonds. The Hall–Kier alpha value is -0.0969. The number of rotatable bonds is 1. The van der Waals surface area contributed by atoms with Crippen molar-refractivity contribution in [1.29, 1.82) is 0 Å². The quantitative estimate of drug-likeness (QED) is 0.643. The van der Waals surface area contributed by atoms with Gasteiger partial charge in [-0.05, 0) is 0 Å². The molecule has 1 aromatic rings. The van der Waals surface area contributed by atoms with Gasteiger partial charge in [0.2, 0.25) is 0 Å². The zero-order valence-corrected chi connectivity index (χ0v) is 7.22. The summed E-state index contributed by atoms with van der Waals surface area (Å²) in [5, 5.41) is 0. The second-order valence-electron chi connectivity index (χ2n) is 1.70. The average molecular weight is 199 g/mol. The number of hydrogen-bond donors (Lipinski definition) is 0. The fraction of sp³-hybridized carbons (Fsp3) is 0. The Balaban J connectivity index is 3.01. The molecule has 0 spiro atoms. The summed E-state index contributed by atoms with van der Waals surface area (Å²) in [5.41, 5.74) is 1.09. The van der Waals surface area contributed by atoms with Crippen LogP contribution in [0.4, 0.5) is 4.39 Å². The Labute approximate surface area is 68.0 Å². The molecule has 0 bridgehead atoms. The molecule has 1 rings (SSSR count). The van der Waals surface area contributed by atoms with Crippen LogP contribution in [-0.4, -0.2) is 3.71 Å². The van der Waals surface area contributed by atoms with Gasteiger partial charge in [0.05, 0.1) is 0 Å². The van der Waals surface area contributed by atoms with Crippen molar-refractivity contribution in [3.63, 3.8) is 0 Å². The van der Waals surface area contributed by atoms with E-state index in [1.54, 1.807) is 12.1 Å². The summed E-state index contributed by atoms with van der Waals surface area (Å²) in [6.45, 7) is 0. The Bertz CT molecular complexity index is 203. The predicted molar refractivity (Wildman–Crippen MR) is 31.6 cm³/mol. The minimum absolute atomic E-state index is 0.170. The van der Waals surface area contributed by atoms with Crippen molar-refractivity contribution in [2.24, 2.45) is 0 Å². The molecule has 1 aromatic carbocycles. The van der Waals surface area contributed by atoms with E-state index in [1.165, 1.54) is 36.4 Å². The van der Waals surface area contributed by atoms with Gasteiger partial charge in [-0.25, -0.2) is 0 Å². The second-order valence-corrected chi connectivity index (χ2v) is 2.41. The van der Waals surface area contributed by atoms with E-state index in [1.807, 2.05) is 3.71 Å². The van der Waals surface area contributed by atoms with Crippen molar-refractivity contribution in [2.45, 2.75) is 0 Å². The van der Waals surface area contributed by atoms with Crippen LogP contribution in [0.15, 0.2) is 24.3 Å². The molecule has 0 atom stereocenters. The molecule has 0 radical (unpaired) electrons. The summed E-state index contributed by atoms with van der Waals surface area (Å²) in [6, 6.07) is 6.47. The van der Waals surface area contributed by atoms with Gasteiger partial charge in [-0.2, -0.15) is 0 Å². The van der Waals surface area contributed by atoms with E-state index in [9.17, 15) is 4.39 Å². The molecule has 42 valence electrons. The molecule has 0 saturated heterocycles. The molecule has 0 nitrogen and oxygen atoms in total. The Morgan fingerprint density at radius 1 is 1.22 bits per heavy atom. The van der Waals surface area contributed by atoms with E-state index in [-0.39, 0.29) is 5.82 Å². The number of benzene rings is 1. The third kappa shape index (κ3) is 1.94. The zero-order valence-electron chi connectivity index (χ0n) is 4.76. The summed E-state index contributed by atoms with van der Waals surface area (Å²) in [5.74, 6) is -0.170. The predicted octanol–water partition coefficient (Wildman–Crippen LogP) is 1.52. The molecule has 9 heavy (non-hydrogen) atoms. The van der Waals surface area contributed by atoms with Crippen LogP contribution in [0.25, 0.3) is 0 Å². The van der Waals surface area contributed by atoms with Gasteiger partial charge in [0.25, 0.3) is 0 Å². The van der Waals surface area contributed by atoms with Gasteiger partial charge >= 0.3 is 68.0 Å². The van der Waals surface area contributed by atoms with Crippen LogP contribution < -0.4 is 0 Å². The van der Waals surface area contributed by atoms with Crippen LogP contribution in [0.2, 0.25) is 0 Å². The summed E-state index contributed by atoms with van der Waals surface area (Å²) < 4.78 is 14.2. The first-order chi connectivity index (χ1) is 4.33. The van der Waals surface area contributed by atoms with Crippen LogP contribution >= 0.6 is 0 Å². The van der Waals surface area contributed by atoms with Crippen LogP contribution in [0.5, 0.6) is 0 Å². The van der Waals surface area contributed by atoms with Gasteiger partial charge in [0, 0.05) is 0 Å².